The molecule has 0 aliphatic heterocycles. The van der Waals surface area contributed by atoms with Crippen molar-refractivity contribution < 1.29 is 17.2 Å². The fourth-order valence-electron chi connectivity index (χ4n) is 2.61. The molecule has 0 atom stereocenters. The number of anilines is 1. The minimum Gasteiger partial charge on any atom is -0.367 e. The molecule has 0 aliphatic carbocycles. The Kier molecular flexibility index (Phi) is 5.89. The molecular formula is C18H20F2N6O2S. The second kappa shape index (κ2) is 8.21. The summed E-state index contributed by atoms with van der Waals surface area (Å²) in [6.07, 6.45) is 0. The summed E-state index contributed by atoms with van der Waals surface area (Å²) in [5, 5.41) is 15.5. The molecule has 0 radical (unpaired) electrons. The number of hydrogen-bond donors (Lipinski definition) is 2. The summed E-state index contributed by atoms with van der Waals surface area (Å²) in [4.78, 5) is -0.734. The molecule has 0 fully saturated rings. The summed E-state index contributed by atoms with van der Waals surface area (Å²) in [6, 6.07) is 5.68. The van der Waals surface area contributed by atoms with Crippen molar-refractivity contribution in [2.45, 2.75) is 25.7 Å². The van der Waals surface area contributed by atoms with Gasteiger partial charge in [0.1, 0.15) is 22.3 Å². The van der Waals surface area contributed by atoms with Crippen LogP contribution in [0.15, 0.2) is 35.2 Å². The Morgan fingerprint density at radius 3 is 2.41 bits per heavy atom. The van der Waals surface area contributed by atoms with Crippen LogP contribution in [-0.2, 0) is 10.0 Å². The Balaban J connectivity index is 1.58. The third-order valence-electron chi connectivity index (χ3n) is 4.43. The summed E-state index contributed by atoms with van der Waals surface area (Å²) in [5.74, 6) is -0.861. The van der Waals surface area contributed by atoms with E-state index in [9.17, 15) is 17.2 Å². The van der Waals surface area contributed by atoms with Gasteiger partial charge >= 0.3 is 0 Å². The Morgan fingerprint density at radius 1 is 1.03 bits per heavy atom. The standard InChI is InChI=1S/C18H20F2N6O2S/c1-11-12(2)25-26(13(11)3)18-7-6-17(23-24-18)21-8-9-22-29(27,28)16-10-14(19)4-5-15(16)20/h4-7,10,22H,8-9H2,1-3H3,(H,21,23). The number of benzene rings is 1. The van der Waals surface area contributed by atoms with E-state index < -0.39 is 26.6 Å². The number of nitrogens with zero attached hydrogens (tertiary/aromatic N) is 4. The summed E-state index contributed by atoms with van der Waals surface area (Å²) >= 11 is 0. The van der Waals surface area contributed by atoms with Gasteiger partial charge in [-0.3, -0.25) is 0 Å². The number of aromatic nitrogens is 4. The molecule has 0 bridgehead atoms. The van der Waals surface area contributed by atoms with Crippen LogP contribution in [0.3, 0.4) is 0 Å². The van der Waals surface area contributed by atoms with Crippen LogP contribution in [-0.4, -0.2) is 41.5 Å². The Hall–Kier alpha value is -2.92. The van der Waals surface area contributed by atoms with Crippen LogP contribution in [0, 0.1) is 32.4 Å². The lowest BCUT2D eigenvalue weighted by molar-refractivity contribution is 0.546. The fourth-order valence-corrected chi connectivity index (χ4v) is 3.73. The number of rotatable bonds is 7. The maximum atomic E-state index is 13.6. The number of hydrogen-bond acceptors (Lipinski definition) is 6. The smallest absolute Gasteiger partial charge is 0.243 e. The van der Waals surface area contributed by atoms with Crippen molar-refractivity contribution in [3.8, 4) is 5.82 Å². The fraction of sp³-hybridized carbons (Fsp3) is 0.278. The summed E-state index contributed by atoms with van der Waals surface area (Å²) in [7, 11) is -4.17. The van der Waals surface area contributed by atoms with Crippen LogP contribution in [0.25, 0.3) is 5.82 Å². The topological polar surface area (TPSA) is 102 Å². The molecule has 0 saturated heterocycles. The van der Waals surface area contributed by atoms with E-state index in [1.54, 1.807) is 16.8 Å². The van der Waals surface area contributed by atoms with E-state index in [2.05, 4.69) is 25.3 Å². The van der Waals surface area contributed by atoms with Crippen molar-refractivity contribution in [3.63, 3.8) is 0 Å². The molecule has 0 amide bonds. The monoisotopic (exact) mass is 422 g/mol. The molecule has 11 heteroatoms. The molecule has 29 heavy (non-hydrogen) atoms. The lowest BCUT2D eigenvalue weighted by Crippen LogP contribution is -2.29. The highest BCUT2D eigenvalue weighted by atomic mass is 32.2. The first-order valence-corrected chi connectivity index (χ1v) is 10.2. The van der Waals surface area contributed by atoms with Crippen molar-refractivity contribution in [3.05, 3.63) is 58.9 Å². The normalized spacial score (nSPS) is 11.6. The summed E-state index contributed by atoms with van der Waals surface area (Å²) in [6.45, 7) is 5.95. The molecule has 8 nitrogen and oxygen atoms in total. The van der Waals surface area contributed by atoms with Crippen molar-refractivity contribution in [2.75, 3.05) is 18.4 Å². The molecule has 154 valence electrons. The highest BCUT2D eigenvalue weighted by Crippen LogP contribution is 2.16. The van der Waals surface area contributed by atoms with Crippen LogP contribution >= 0.6 is 0 Å². The predicted octanol–water partition coefficient (Wildman–Crippen LogP) is 2.26. The van der Waals surface area contributed by atoms with Gasteiger partial charge in [-0.05, 0) is 56.7 Å². The Bertz CT molecular complexity index is 1130. The van der Waals surface area contributed by atoms with Gasteiger partial charge in [-0.15, -0.1) is 10.2 Å². The first-order chi connectivity index (χ1) is 13.7. The molecule has 0 saturated carbocycles. The zero-order valence-corrected chi connectivity index (χ0v) is 16.9. The molecule has 2 aromatic heterocycles. The maximum absolute atomic E-state index is 13.6. The third kappa shape index (κ3) is 4.57. The van der Waals surface area contributed by atoms with Crippen LogP contribution in [0.2, 0.25) is 0 Å². The molecule has 3 rings (SSSR count). The van der Waals surface area contributed by atoms with Gasteiger partial charge in [0.2, 0.25) is 10.0 Å². The van der Waals surface area contributed by atoms with Gasteiger partial charge in [0.15, 0.2) is 5.82 Å². The maximum Gasteiger partial charge on any atom is 0.243 e. The van der Waals surface area contributed by atoms with E-state index in [1.807, 2.05) is 20.8 Å². The lowest BCUT2D eigenvalue weighted by atomic mass is 10.2. The third-order valence-corrected chi connectivity index (χ3v) is 5.90. The van der Waals surface area contributed by atoms with E-state index in [-0.39, 0.29) is 13.1 Å². The van der Waals surface area contributed by atoms with Gasteiger partial charge in [0, 0.05) is 18.8 Å². The van der Waals surface area contributed by atoms with Gasteiger partial charge in [0.05, 0.1) is 5.69 Å². The highest BCUT2D eigenvalue weighted by Gasteiger charge is 2.19. The van der Waals surface area contributed by atoms with E-state index in [1.165, 1.54) is 0 Å². The van der Waals surface area contributed by atoms with Crippen molar-refractivity contribution in [2.24, 2.45) is 0 Å². The largest absolute Gasteiger partial charge is 0.367 e. The summed E-state index contributed by atoms with van der Waals surface area (Å²) < 4.78 is 54.9. The Morgan fingerprint density at radius 2 is 1.79 bits per heavy atom. The van der Waals surface area contributed by atoms with Gasteiger partial charge in [-0.2, -0.15) is 5.10 Å². The van der Waals surface area contributed by atoms with Crippen LogP contribution < -0.4 is 10.0 Å². The predicted molar refractivity (Wildman–Crippen MR) is 103 cm³/mol. The molecule has 0 spiro atoms. The average molecular weight is 422 g/mol. The van der Waals surface area contributed by atoms with Crippen molar-refractivity contribution >= 4 is 15.8 Å². The number of halogens is 2. The number of aryl methyl sites for hydroxylation is 1. The van der Waals surface area contributed by atoms with Crippen molar-refractivity contribution in [1.29, 1.82) is 0 Å². The first-order valence-electron chi connectivity index (χ1n) is 8.74. The second-order valence-electron chi connectivity index (χ2n) is 6.38. The lowest BCUT2D eigenvalue weighted by Gasteiger charge is -2.09. The molecule has 1 aromatic carbocycles. The number of nitrogens with one attached hydrogen (secondary N) is 2. The van der Waals surface area contributed by atoms with Crippen LogP contribution in [0.1, 0.15) is 17.0 Å². The second-order valence-corrected chi connectivity index (χ2v) is 8.12. The molecular weight excluding hydrogens is 402 g/mol. The van der Waals surface area contributed by atoms with Gasteiger partial charge in [0.25, 0.3) is 0 Å². The molecule has 0 unspecified atom stereocenters. The molecule has 0 aliphatic rings. The zero-order chi connectivity index (χ0) is 21.2. The van der Waals surface area contributed by atoms with E-state index in [0.717, 1.165) is 29.1 Å². The first kappa shape index (κ1) is 20.8. The average Bonchev–Trinajstić information content (AvgIpc) is 2.95. The van der Waals surface area contributed by atoms with E-state index >= 15 is 0 Å². The van der Waals surface area contributed by atoms with Gasteiger partial charge < -0.3 is 5.32 Å². The van der Waals surface area contributed by atoms with E-state index in [0.29, 0.717) is 17.7 Å². The zero-order valence-electron chi connectivity index (χ0n) is 16.1. The van der Waals surface area contributed by atoms with Crippen LogP contribution in [0.5, 0.6) is 0 Å². The van der Waals surface area contributed by atoms with Crippen LogP contribution in [0.4, 0.5) is 14.6 Å². The molecule has 2 N–H and O–H groups in total. The van der Waals surface area contributed by atoms with Gasteiger partial charge in [-0.1, -0.05) is 0 Å². The van der Waals surface area contributed by atoms with Gasteiger partial charge in [-0.25, -0.2) is 26.6 Å². The SMILES string of the molecule is Cc1nn(-c2ccc(NCCNS(=O)(=O)c3cc(F)ccc3F)nn2)c(C)c1C. The number of sulfonamides is 1. The Labute approximate surface area is 167 Å². The minimum absolute atomic E-state index is 0.0572. The van der Waals surface area contributed by atoms with Crippen molar-refractivity contribution in [1.82, 2.24) is 24.7 Å². The molecule has 3 aromatic rings. The molecule has 2 heterocycles. The minimum atomic E-state index is -4.17. The quantitative estimate of drug-likeness (QED) is 0.567. The highest BCUT2D eigenvalue weighted by molar-refractivity contribution is 7.89. The van der Waals surface area contributed by atoms with E-state index in [4.69, 9.17) is 0 Å². The summed E-state index contributed by atoms with van der Waals surface area (Å²) in [5.41, 5.74) is 2.96.